The fraction of sp³-hybridized carbons (Fsp3) is 0. The lowest BCUT2D eigenvalue weighted by Crippen LogP contribution is -2.40. The van der Waals surface area contributed by atoms with Crippen molar-refractivity contribution in [1.29, 1.82) is 5.41 Å². The van der Waals surface area contributed by atoms with Crippen molar-refractivity contribution < 1.29 is 14.2 Å². The molecule has 0 bridgehead atoms. The average Bonchev–Trinajstić information content (AvgIpc) is 2.47. The predicted molar refractivity (Wildman–Crippen MR) is 77.2 cm³/mol. The highest BCUT2D eigenvalue weighted by atomic mass is 32.2. The summed E-state index contributed by atoms with van der Waals surface area (Å²) in [4.78, 5) is 4.20. The number of fused-ring (bicyclic) bond motifs is 1. The molecular weight excluding hydrogens is 288 g/mol. The monoisotopic (exact) mass is 301 g/mol. The first kappa shape index (κ1) is 13.5. The number of hydrogen-bond acceptors (Lipinski definition) is 4. The first-order chi connectivity index (χ1) is 10.00. The molecule has 7 heteroatoms. The van der Waals surface area contributed by atoms with E-state index in [1.807, 2.05) is 0 Å². The van der Waals surface area contributed by atoms with Gasteiger partial charge in [-0.3, -0.25) is 10.4 Å². The van der Waals surface area contributed by atoms with E-state index < -0.39 is 10.0 Å². The van der Waals surface area contributed by atoms with Gasteiger partial charge in [-0.15, -0.1) is 0 Å². The van der Waals surface area contributed by atoms with Crippen LogP contribution in [0.2, 0.25) is 0 Å². The normalized spacial score (nSPS) is 11.7. The largest absolute Gasteiger partial charge is 0.325 e. The minimum Gasteiger partial charge on any atom is -0.325 e. The first-order valence-corrected chi connectivity index (χ1v) is 7.63. The van der Waals surface area contributed by atoms with Gasteiger partial charge in [0.25, 0.3) is 10.0 Å². The summed E-state index contributed by atoms with van der Waals surface area (Å²) in [5, 5.41) is 7.91. The maximum absolute atomic E-state index is 12.8. The Morgan fingerprint density at radius 2 is 1.71 bits per heavy atom. The maximum atomic E-state index is 12.8. The van der Waals surface area contributed by atoms with Gasteiger partial charge in [0.2, 0.25) is 0 Å². The summed E-state index contributed by atoms with van der Waals surface area (Å²) in [6.45, 7) is 0. The topological polar surface area (TPSA) is 103 Å². The zero-order valence-electron chi connectivity index (χ0n) is 11.0. The third-order valence-corrected chi connectivity index (χ3v) is 4.85. The highest BCUT2D eigenvalue weighted by Crippen LogP contribution is 2.17. The molecule has 0 unspecified atom stereocenters. The van der Waals surface area contributed by atoms with Crippen molar-refractivity contribution in [2.24, 2.45) is 0 Å². The molecule has 3 rings (SSSR count). The van der Waals surface area contributed by atoms with Gasteiger partial charge in [-0.2, -0.15) is 0 Å². The van der Waals surface area contributed by atoms with Crippen LogP contribution in [0.3, 0.4) is 0 Å². The Hall–Kier alpha value is -2.51. The van der Waals surface area contributed by atoms with E-state index in [0.29, 0.717) is 11.0 Å². The van der Waals surface area contributed by atoms with Crippen LogP contribution in [0.25, 0.3) is 11.0 Å². The highest BCUT2D eigenvalue weighted by Gasteiger charge is 2.19. The molecule has 3 aromatic rings. The lowest BCUT2D eigenvalue weighted by atomic mass is 10.3. The second-order valence-electron chi connectivity index (χ2n) is 4.55. The van der Waals surface area contributed by atoms with Gasteiger partial charge in [0, 0.05) is 12.1 Å². The maximum Gasteiger partial charge on any atom is 0.270 e. The van der Waals surface area contributed by atoms with E-state index in [1.54, 1.807) is 36.4 Å². The summed E-state index contributed by atoms with van der Waals surface area (Å²) in [5.41, 5.74) is 5.17. The van der Waals surface area contributed by atoms with Crippen LogP contribution < -0.4 is 11.2 Å². The van der Waals surface area contributed by atoms with E-state index >= 15 is 0 Å². The quantitative estimate of drug-likeness (QED) is 0.725. The van der Waals surface area contributed by atoms with Crippen molar-refractivity contribution in [2.75, 3.05) is 0 Å². The van der Waals surface area contributed by atoms with Crippen LogP contribution in [0.4, 0.5) is 5.69 Å². The van der Waals surface area contributed by atoms with Gasteiger partial charge in [-0.25, -0.2) is 12.4 Å². The smallest absolute Gasteiger partial charge is 0.270 e. The summed E-state index contributed by atoms with van der Waals surface area (Å²) in [6, 6.07) is 13.1. The van der Waals surface area contributed by atoms with Crippen LogP contribution in [-0.4, -0.2) is 17.4 Å². The van der Waals surface area contributed by atoms with Gasteiger partial charge in [0.05, 0.1) is 22.1 Å². The van der Waals surface area contributed by atoms with Crippen molar-refractivity contribution >= 4 is 26.7 Å². The fourth-order valence-electron chi connectivity index (χ4n) is 2.08. The van der Waals surface area contributed by atoms with Crippen LogP contribution in [0.1, 0.15) is 0 Å². The predicted octanol–water partition coefficient (Wildman–Crippen LogP) is 0.626. The zero-order chi connectivity index (χ0) is 15.0. The highest BCUT2D eigenvalue weighted by molar-refractivity contribution is 7.90. The molecule has 0 amide bonds. The molecule has 0 aliphatic heterocycles. The number of rotatable bonds is 2. The Bertz CT molecular complexity index is 976. The number of aromatic nitrogens is 2. The minimum absolute atomic E-state index is 0.116. The van der Waals surface area contributed by atoms with Crippen LogP contribution in [0.5, 0.6) is 0 Å². The summed E-state index contributed by atoms with van der Waals surface area (Å²) in [6.07, 6.45) is 1.23. The van der Waals surface area contributed by atoms with Crippen molar-refractivity contribution in [2.45, 2.75) is 4.90 Å². The van der Waals surface area contributed by atoms with Gasteiger partial charge < -0.3 is 5.73 Å². The zero-order valence-corrected chi connectivity index (χ0v) is 11.8. The molecule has 4 N–H and O–H groups in total. The number of benzene rings is 2. The van der Waals surface area contributed by atoms with E-state index in [-0.39, 0.29) is 10.4 Å². The lowest BCUT2D eigenvalue weighted by Gasteiger charge is -2.11. The molecule has 106 valence electrons. The Morgan fingerprint density at radius 3 is 2.43 bits per heavy atom. The third-order valence-electron chi connectivity index (χ3n) is 3.11. The molecule has 0 aliphatic rings. The molecule has 1 aromatic heterocycles. The van der Waals surface area contributed by atoms with Gasteiger partial charge in [0.15, 0.2) is 5.49 Å². The molecule has 0 saturated carbocycles. The Labute approximate surface area is 121 Å². The average molecular weight is 301 g/mol. The summed E-state index contributed by atoms with van der Waals surface area (Å²) >= 11 is 0. The third kappa shape index (κ3) is 2.22. The molecule has 0 fully saturated rings. The van der Waals surface area contributed by atoms with Crippen molar-refractivity contribution in [1.82, 2.24) is 8.96 Å². The molecule has 1 heterocycles. The van der Waals surface area contributed by atoms with E-state index in [0.717, 1.165) is 9.66 Å². The Morgan fingerprint density at radius 1 is 1.05 bits per heavy atom. The van der Waals surface area contributed by atoms with Crippen LogP contribution in [0.15, 0.2) is 59.6 Å². The van der Waals surface area contributed by atoms with E-state index in [4.69, 9.17) is 5.41 Å². The van der Waals surface area contributed by atoms with E-state index in [2.05, 4.69) is 10.7 Å². The molecule has 6 nitrogen and oxygen atoms in total. The number of nitrogens with one attached hydrogen (secondary N) is 1. The summed E-state index contributed by atoms with van der Waals surface area (Å²) in [5.74, 6) is 0. The van der Waals surface area contributed by atoms with Gasteiger partial charge >= 0.3 is 0 Å². The molecule has 0 atom stereocenters. The van der Waals surface area contributed by atoms with Crippen LogP contribution in [-0.2, 0) is 10.0 Å². The second kappa shape index (κ2) is 4.80. The van der Waals surface area contributed by atoms with Crippen molar-refractivity contribution in [3.05, 3.63) is 60.2 Å². The standard InChI is InChI=1S/C14H12N4O2S/c15-10-5-7-11(8-6-10)21(19,20)18-13-4-2-1-3-12(13)17-9-14(18)16/h1-9,16H,15H2/p+1. The number of para-hydroxylation sites is 2. The second-order valence-corrected chi connectivity index (χ2v) is 6.33. The number of quaternary nitrogens is 1. The molecule has 21 heavy (non-hydrogen) atoms. The van der Waals surface area contributed by atoms with Crippen LogP contribution in [0, 0.1) is 5.41 Å². The van der Waals surface area contributed by atoms with Crippen molar-refractivity contribution in [3.8, 4) is 0 Å². The van der Waals surface area contributed by atoms with Crippen molar-refractivity contribution in [3.63, 3.8) is 0 Å². The first-order valence-electron chi connectivity index (χ1n) is 6.19. The summed E-state index contributed by atoms with van der Waals surface area (Å²) in [7, 11) is -3.85. The molecule has 0 aliphatic carbocycles. The van der Waals surface area contributed by atoms with Gasteiger partial charge in [-0.05, 0) is 24.3 Å². The van der Waals surface area contributed by atoms with E-state index in [1.165, 1.54) is 18.3 Å². The molecular formula is C14H13N4O2S+. The van der Waals surface area contributed by atoms with Gasteiger partial charge in [-0.1, -0.05) is 12.1 Å². The molecule has 2 aromatic carbocycles. The van der Waals surface area contributed by atoms with E-state index in [9.17, 15) is 8.42 Å². The summed E-state index contributed by atoms with van der Waals surface area (Å²) < 4.78 is 26.5. The lowest BCUT2D eigenvalue weighted by molar-refractivity contribution is -0.254. The van der Waals surface area contributed by atoms with Crippen LogP contribution >= 0.6 is 0 Å². The number of nitrogens with zero attached hydrogens (tertiary/aromatic N) is 2. The SMILES string of the molecule is N=c1cnc2ccccc2n1S(=O)(=O)c1ccc([NH3+])cc1. The number of hydrogen-bond donors (Lipinski definition) is 2. The fourth-order valence-corrected chi connectivity index (χ4v) is 3.49. The van der Waals surface area contributed by atoms with Gasteiger partial charge in [0.1, 0.15) is 5.69 Å². The minimum atomic E-state index is -3.85. The molecule has 0 saturated heterocycles. The Balaban J connectivity index is 2.36. The molecule has 0 radical (unpaired) electrons. The Kier molecular flexibility index (Phi) is 3.08. The molecule has 0 spiro atoms.